The Hall–Kier alpha value is -3.54. The molecular formula is C25H28N2O4. The number of methoxy groups -OCH3 is 1. The summed E-state index contributed by atoms with van der Waals surface area (Å²) in [5, 5.41) is 2.95. The number of nitrogens with one attached hydrogen (secondary N) is 1. The smallest absolute Gasteiger partial charge is 0.246 e. The van der Waals surface area contributed by atoms with E-state index >= 15 is 0 Å². The average molecular weight is 421 g/mol. The molecule has 6 heteroatoms. The van der Waals surface area contributed by atoms with Crippen molar-refractivity contribution >= 4 is 23.6 Å². The highest BCUT2D eigenvalue weighted by Gasteiger charge is 2.26. The van der Waals surface area contributed by atoms with Crippen LogP contribution in [0.3, 0.4) is 0 Å². The lowest BCUT2D eigenvalue weighted by Gasteiger charge is -2.30. The molecule has 0 atom stereocenters. The highest BCUT2D eigenvalue weighted by atomic mass is 16.5. The second-order valence-corrected chi connectivity index (χ2v) is 7.30. The molecule has 31 heavy (non-hydrogen) atoms. The maximum absolute atomic E-state index is 12.6. The maximum Gasteiger partial charge on any atom is 0.246 e. The third-order valence-electron chi connectivity index (χ3n) is 5.18. The lowest BCUT2D eigenvalue weighted by atomic mass is 9.95. The van der Waals surface area contributed by atoms with Crippen molar-refractivity contribution in [2.75, 3.05) is 32.1 Å². The lowest BCUT2D eigenvalue weighted by molar-refractivity contribution is -0.130. The van der Waals surface area contributed by atoms with Crippen molar-refractivity contribution in [3.63, 3.8) is 0 Å². The number of benzene rings is 2. The molecular weight excluding hydrogens is 392 g/mol. The van der Waals surface area contributed by atoms with Crippen LogP contribution in [0, 0.1) is 5.92 Å². The quantitative estimate of drug-likeness (QED) is 0.515. The van der Waals surface area contributed by atoms with Gasteiger partial charge in [-0.2, -0.15) is 0 Å². The molecule has 2 amide bonds. The fraction of sp³-hybridized carbons (Fsp3) is 0.280. The van der Waals surface area contributed by atoms with Gasteiger partial charge in [0.05, 0.1) is 7.11 Å². The van der Waals surface area contributed by atoms with Crippen LogP contribution in [0.1, 0.15) is 18.4 Å². The number of nitrogens with zero attached hydrogens (tertiary/aromatic N) is 1. The standard InChI is InChI=1S/C25H28N2O4/c1-3-17-31-22-11-9-19(18-23(22)30-2)10-12-24(28)27-15-13-20(14-16-27)25(29)26-21-7-5-4-6-8-21/h3-12,18,20H,1,13-17H2,2H3,(H,26,29)/b12-10+. The van der Waals surface area contributed by atoms with Gasteiger partial charge in [0.2, 0.25) is 11.8 Å². The van der Waals surface area contributed by atoms with Gasteiger partial charge in [-0.3, -0.25) is 9.59 Å². The minimum atomic E-state index is -0.0828. The number of ether oxygens (including phenoxy) is 2. The number of carbonyl (C=O) groups is 2. The van der Waals surface area contributed by atoms with Crippen LogP contribution in [0.5, 0.6) is 11.5 Å². The summed E-state index contributed by atoms with van der Waals surface area (Å²) in [6.07, 6.45) is 6.29. The first kappa shape index (κ1) is 22.2. The molecule has 1 heterocycles. The molecule has 0 radical (unpaired) electrons. The summed E-state index contributed by atoms with van der Waals surface area (Å²) in [6.45, 7) is 5.15. The van der Waals surface area contributed by atoms with Crippen LogP contribution in [0.15, 0.2) is 67.3 Å². The number of carbonyl (C=O) groups excluding carboxylic acids is 2. The van der Waals surface area contributed by atoms with Crippen molar-refractivity contribution in [2.45, 2.75) is 12.8 Å². The molecule has 1 fully saturated rings. The highest BCUT2D eigenvalue weighted by molar-refractivity contribution is 5.94. The van der Waals surface area contributed by atoms with E-state index in [9.17, 15) is 9.59 Å². The fourth-order valence-electron chi connectivity index (χ4n) is 3.46. The summed E-state index contributed by atoms with van der Waals surface area (Å²) in [5.74, 6) is 1.09. The first-order valence-corrected chi connectivity index (χ1v) is 10.4. The molecule has 0 aromatic heterocycles. The van der Waals surface area contributed by atoms with Crippen LogP contribution < -0.4 is 14.8 Å². The first-order valence-electron chi connectivity index (χ1n) is 10.4. The highest BCUT2D eigenvalue weighted by Crippen LogP contribution is 2.28. The summed E-state index contributed by atoms with van der Waals surface area (Å²) >= 11 is 0. The zero-order valence-corrected chi connectivity index (χ0v) is 17.8. The Labute approximate surface area is 183 Å². The summed E-state index contributed by atoms with van der Waals surface area (Å²) < 4.78 is 10.9. The van der Waals surface area contributed by atoms with E-state index in [1.165, 1.54) is 0 Å². The summed E-state index contributed by atoms with van der Waals surface area (Å²) in [7, 11) is 1.58. The van der Waals surface area contributed by atoms with Gasteiger partial charge in [-0.05, 0) is 48.7 Å². The SMILES string of the molecule is C=CCOc1ccc(/C=C/C(=O)N2CCC(C(=O)Nc3ccccc3)CC2)cc1OC. The van der Waals surface area contributed by atoms with Gasteiger partial charge < -0.3 is 19.7 Å². The van der Waals surface area contributed by atoms with Gasteiger partial charge in [0, 0.05) is 30.8 Å². The first-order chi connectivity index (χ1) is 15.1. The van der Waals surface area contributed by atoms with Crippen molar-refractivity contribution < 1.29 is 19.1 Å². The molecule has 3 rings (SSSR count). The second-order valence-electron chi connectivity index (χ2n) is 7.30. The Morgan fingerprint density at radius 3 is 2.55 bits per heavy atom. The number of rotatable bonds is 8. The number of amides is 2. The van der Waals surface area contributed by atoms with Crippen molar-refractivity contribution in [1.29, 1.82) is 0 Å². The minimum absolute atomic E-state index is 0.0136. The lowest BCUT2D eigenvalue weighted by Crippen LogP contribution is -2.40. The van der Waals surface area contributed by atoms with Gasteiger partial charge in [-0.1, -0.05) is 36.9 Å². The number of anilines is 1. The molecule has 0 saturated carbocycles. The monoisotopic (exact) mass is 420 g/mol. The summed E-state index contributed by atoms with van der Waals surface area (Å²) in [5.41, 5.74) is 1.64. The van der Waals surface area contributed by atoms with Crippen molar-refractivity contribution in [1.82, 2.24) is 4.90 Å². The van der Waals surface area contributed by atoms with Gasteiger partial charge >= 0.3 is 0 Å². The molecule has 0 spiro atoms. The molecule has 1 aliphatic rings. The third-order valence-corrected chi connectivity index (χ3v) is 5.18. The average Bonchev–Trinajstić information content (AvgIpc) is 2.82. The number of likely N-dealkylation sites (tertiary alicyclic amines) is 1. The van der Waals surface area contributed by atoms with Crippen LogP contribution >= 0.6 is 0 Å². The molecule has 0 bridgehead atoms. The van der Waals surface area contributed by atoms with Crippen LogP contribution in [0.25, 0.3) is 6.08 Å². The second kappa shape index (κ2) is 11.0. The van der Waals surface area contributed by atoms with E-state index in [1.54, 1.807) is 30.2 Å². The van der Waals surface area contributed by atoms with Gasteiger partial charge in [-0.15, -0.1) is 0 Å². The molecule has 1 N–H and O–H groups in total. The van der Waals surface area contributed by atoms with E-state index < -0.39 is 0 Å². The van der Waals surface area contributed by atoms with Crippen LogP contribution in [-0.2, 0) is 9.59 Å². The zero-order chi connectivity index (χ0) is 22.1. The van der Waals surface area contributed by atoms with E-state index in [0.717, 1.165) is 11.3 Å². The molecule has 2 aromatic carbocycles. The Morgan fingerprint density at radius 1 is 1.13 bits per heavy atom. The topological polar surface area (TPSA) is 67.9 Å². The normalized spacial score (nSPS) is 14.3. The van der Waals surface area contributed by atoms with Crippen molar-refractivity contribution in [3.8, 4) is 11.5 Å². The van der Waals surface area contributed by atoms with Gasteiger partial charge in [0.1, 0.15) is 6.61 Å². The Kier molecular flexibility index (Phi) is 7.87. The van der Waals surface area contributed by atoms with E-state index in [2.05, 4.69) is 11.9 Å². The fourth-order valence-corrected chi connectivity index (χ4v) is 3.46. The van der Waals surface area contributed by atoms with E-state index in [4.69, 9.17) is 9.47 Å². The molecule has 0 aliphatic carbocycles. The zero-order valence-electron chi connectivity index (χ0n) is 17.8. The van der Waals surface area contributed by atoms with Gasteiger partial charge in [-0.25, -0.2) is 0 Å². The molecule has 2 aromatic rings. The molecule has 1 saturated heterocycles. The van der Waals surface area contributed by atoms with Crippen LogP contribution in [-0.4, -0.2) is 43.5 Å². The molecule has 0 unspecified atom stereocenters. The summed E-state index contributed by atoms with van der Waals surface area (Å²) in [4.78, 5) is 26.8. The van der Waals surface area contributed by atoms with Crippen molar-refractivity contribution in [2.24, 2.45) is 5.92 Å². The number of hydrogen-bond donors (Lipinski definition) is 1. The van der Waals surface area contributed by atoms with E-state index in [1.807, 2.05) is 48.5 Å². The van der Waals surface area contributed by atoms with Crippen molar-refractivity contribution in [3.05, 3.63) is 72.8 Å². The number of piperidine rings is 1. The Bertz CT molecular complexity index is 932. The van der Waals surface area contributed by atoms with Gasteiger partial charge in [0.25, 0.3) is 0 Å². The van der Waals surface area contributed by atoms with E-state index in [0.29, 0.717) is 44.0 Å². The third kappa shape index (κ3) is 6.22. The number of para-hydroxylation sites is 1. The van der Waals surface area contributed by atoms with Crippen LogP contribution in [0.4, 0.5) is 5.69 Å². The molecule has 162 valence electrons. The minimum Gasteiger partial charge on any atom is -0.493 e. The summed E-state index contributed by atoms with van der Waals surface area (Å²) in [6, 6.07) is 14.9. The maximum atomic E-state index is 12.6. The number of hydrogen-bond acceptors (Lipinski definition) is 4. The predicted molar refractivity (Wildman–Crippen MR) is 122 cm³/mol. The predicted octanol–water partition coefficient (Wildman–Crippen LogP) is 4.15. The Morgan fingerprint density at radius 2 is 1.87 bits per heavy atom. The van der Waals surface area contributed by atoms with E-state index in [-0.39, 0.29) is 17.7 Å². The van der Waals surface area contributed by atoms with Crippen LogP contribution in [0.2, 0.25) is 0 Å². The van der Waals surface area contributed by atoms with Gasteiger partial charge in [0.15, 0.2) is 11.5 Å². The molecule has 6 nitrogen and oxygen atoms in total. The largest absolute Gasteiger partial charge is 0.493 e. The Balaban J connectivity index is 1.52. The molecule has 1 aliphatic heterocycles.